The van der Waals surface area contributed by atoms with Crippen molar-refractivity contribution in [3.05, 3.63) is 95.8 Å². The van der Waals surface area contributed by atoms with Gasteiger partial charge < -0.3 is 10.2 Å². The van der Waals surface area contributed by atoms with Crippen molar-refractivity contribution in [2.45, 2.75) is 45.7 Å². The molecule has 0 spiro atoms. The molecule has 0 saturated heterocycles. The molecule has 7 heteroatoms. The van der Waals surface area contributed by atoms with Gasteiger partial charge in [0.25, 0.3) is 5.91 Å². The van der Waals surface area contributed by atoms with Crippen LogP contribution in [0.3, 0.4) is 0 Å². The van der Waals surface area contributed by atoms with Gasteiger partial charge in [0.05, 0.1) is 11.4 Å². The molecule has 2 amide bonds. The molecule has 0 bridgehead atoms. The van der Waals surface area contributed by atoms with Crippen LogP contribution < -0.4 is 5.32 Å². The highest BCUT2D eigenvalue weighted by Crippen LogP contribution is 2.32. The van der Waals surface area contributed by atoms with Crippen molar-refractivity contribution in [1.29, 1.82) is 0 Å². The van der Waals surface area contributed by atoms with Crippen molar-refractivity contribution in [3.8, 4) is 0 Å². The fourth-order valence-electron chi connectivity index (χ4n) is 3.70. The molecule has 0 aliphatic rings. The van der Waals surface area contributed by atoms with Gasteiger partial charge in [0, 0.05) is 23.2 Å². The summed E-state index contributed by atoms with van der Waals surface area (Å²) in [6.07, 6.45) is 0.662. The summed E-state index contributed by atoms with van der Waals surface area (Å²) in [5, 5.41) is 3.02. The van der Waals surface area contributed by atoms with E-state index in [1.54, 1.807) is 53.4 Å². The number of rotatable bonds is 8. The van der Waals surface area contributed by atoms with Crippen molar-refractivity contribution >= 4 is 29.2 Å². The molecule has 0 fully saturated rings. The maximum absolute atomic E-state index is 13.7. The van der Waals surface area contributed by atoms with Crippen molar-refractivity contribution in [2.75, 3.05) is 6.54 Å². The summed E-state index contributed by atoms with van der Waals surface area (Å²) in [4.78, 5) is 37.4. The molecule has 3 aromatic carbocycles. The number of benzene rings is 3. The smallest absolute Gasteiger partial charge is 0.254 e. The molecule has 1 atom stereocenters. The van der Waals surface area contributed by atoms with Crippen LogP contribution in [-0.2, 0) is 4.79 Å². The van der Waals surface area contributed by atoms with Gasteiger partial charge in [0.15, 0.2) is 0 Å². The van der Waals surface area contributed by atoms with Gasteiger partial charge >= 0.3 is 0 Å². The van der Waals surface area contributed by atoms with E-state index in [1.807, 2.05) is 33.8 Å². The Labute approximate surface area is 211 Å². The minimum absolute atomic E-state index is 0.245. The number of nitrogens with one attached hydrogen (secondary N) is 1. The van der Waals surface area contributed by atoms with Gasteiger partial charge in [-0.15, -0.1) is 0 Å². The number of hydrogen-bond donors (Lipinski definition) is 1. The van der Waals surface area contributed by atoms with E-state index in [2.05, 4.69) is 21.3 Å². The zero-order valence-electron chi connectivity index (χ0n) is 21.0. The maximum Gasteiger partial charge on any atom is 0.254 e. The summed E-state index contributed by atoms with van der Waals surface area (Å²) in [5.74, 6) is -0.910. The molecular formula is C29H31FN4O2. The first-order valence-corrected chi connectivity index (χ1v) is 11.9. The van der Waals surface area contributed by atoms with Crippen LogP contribution in [0.2, 0.25) is 0 Å². The Balaban J connectivity index is 2.09. The van der Waals surface area contributed by atoms with Gasteiger partial charge in [0.2, 0.25) is 5.91 Å². The van der Waals surface area contributed by atoms with E-state index < -0.39 is 11.6 Å². The fraction of sp³-hybridized carbons (Fsp3) is 0.276. The second-order valence-corrected chi connectivity index (χ2v) is 9.37. The highest BCUT2D eigenvalue weighted by atomic mass is 19.1. The van der Waals surface area contributed by atoms with Crippen molar-refractivity contribution in [1.82, 2.24) is 10.2 Å². The third kappa shape index (κ3) is 7.20. The topological polar surface area (TPSA) is 74.1 Å². The number of halogens is 1. The molecule has 186 valence electrons. The van der Waals surface area contributed by atoms with Crippen LogP contribution in [0.1, 0.15) is 56.1 Å². The highest BCUT2D eigenvalue weighted by molar-refractivity contribution is 5.98. The zero-order chi connectivity index (χ0) is 26.1. The van der Waals surface area contributed by atoms with Gasteiger partial charge in [-0.25, -0.2) is 4.39 Å². The summed E-state index contributed by atoms with van der Waals surface area (Å²) in [6, 6.07) is 23.4. The minimum Gasteiger partial charge on any atom is -0.349 e. The molecule has 0 aliphatic carbocycles. The summed E-state index contributed by atoms with van der Waals surface area (Å²) in [6.45, 7) is 8.01. The number of carbonyl (C=O) groups excluding carboxylic acids is 2. The van der Waals surface area contributed by atoms with Crippen LogP contribution >= 0.6 is 0 Å². The van der Waals surface area contributed by atoms with E-state index in [4.69, 9.17) is 0 Å². The molecule has 0 aromatic heterocycles. The zero-order valence-corrected chi connectivity index (χ0v) is 21.0. The van der Waals surface area contributed by atoms with E-state index in [1.165, 1.54) is 24.3 Å². The summed E-state index contributed by atoms with van der Waals surface area (Å²) >= 11 is 0. The lowest BCUT2D eigenvalue weighted by atomic mass is 9.99. The molecule has 36 heavy (non-hydrogen) atoms. The summed E-state index contributed by atoms with van der Waals surface area (Å²) < 4.78 is 13.2. The average molecular weight is 487 g/mol. The van der Waals surface area contributed by atoms with Crippen molar-refractivity contribution in [3.63, 3.8) is 0 Å². The Morgan fingerprint density at radius 2 is 1.58 bits per heavy atom. The Bertz CT molecular complexity index is 1240. The number of carbonyl (C=O) groups is 2. The van der Waals surface area contributed by atoms with Crippen molar-refractivity contribution in [2.24, 2.45) is 9.98 Å². The van der Waals surface area contributed by atoms with E-state index >= 15 is 0 Å². The van der Waals surface area contributed by atoms with Crippen LogP contribution in [0, 0.1) is 5.82 Å². The molecular weight excluding hydrogens is 455 g/mol. The van der Waals surface area contributed by atoms with Crippen LogP contribution in [0.15, 0.2) is 88.8 Å². The number of nitrogens with zero attached hydrogens (tertiary/aromatic N) is 3. The molecule has 1 unspecified atom stereocenters. The number of amides is 2. The molecule has 0 radical (unpaired) electrons. The number of para-hydroxylation sites is 1. The van der Waals surface area contributed by atoms with Gasteiger partial charge in [0.1, 0.15) is 17.9 Å². The molecule has 0 saturated carbocycles. The fourth-order valence-corrected chi connectivity index (χ4v) is 3.70. The van der Waals surface area contributed by atoms with E-state index in [0.29, 0.717) is 35.5 Å². The van der Waals surface area contributed by atoms with Crippen molar-refractivity contribution < 1.29 is 14.0 Å². The standard InChI is InChI=1S/C29H31FN4O2/c1-5-19-34(28(36)21-11-7-6-8-12-21)26(27(35)33-29(2,3)4)24-13-9-10-14-25(24)32-20-31-23-17-15-22(30)16-18-23/h6-18,26H,5,19H2,1-4H3,(H,33,35). The normalized spacial score (nSPS) is 11.7. The van der Waals surface area contributed by atoms with E-state index in [0.717, 1.165) is 0 Å². The first-order chi connectivity index (χ1) is 17.2. The molecule has 1 N–H and O–H groups in total. The summed E-state index contributed by atoms with van der Waals surface area (Å²) in [5.41, 5.74) is 1.49. The lowest BCUT2D eigenvalue weighted by Crippen LogP contribution is -2.49. The minimum atomic E-state index is -0.926. The lowest BCUT2D eigenvalue weighted by Gasteiger charge is -2.34. The first kappa shape index (κ1) is 26.5. The first-order valence-electron chi connectivity index (χ1n) is 11.9. The van der Waals surface area contributed by atoms with Crippen LogP contribution in [0.4, 0.5) is 15.8 Å². The summed E-state index contributed by atoms with van der Waals surface area (Å²) in [7, 11) is 0. The molecule has 0 aliphatic heterocycles. The maximum atomic E-state index is 13.7. The predicted molar refractivity (Wildman–Crippen MR) is 140 cm³/mol. The number of aliphatic imine (C=N–C) groups is 2. The monoisotopic (exact) mass is 486 g/mol. The highest BCUT2D eigenvalue weighted by Gasteiger charge is 2.34. The second kappa shape index (κ2) is 12.0. The Hall–Kier alpha value is -4.09. The second-order valence-electron chi connectivity index (χ2n) is 9.37. The SMILES string of the molecule is CCCN(C(=O)c1ccccc1)C(C(=O)NC(C)(C)C)c1ccccc1N=C=Nc1ccc(F)cc1. The van der Waals surface area contributed by atoms with Gasteiger partial charge in [-0.05, 0) is 69.7 Å². The molecule has 3 rings (SSSR count). The average Bonchev–Trinajstić information content (AvgIpc) is 2.85. The number of hydrogen-bond acceptors (Lipinski definition) is 4. The molecule has 6 nitrogen and oxygen atoms in total. The van der Waals surface area contributed by atoms with E-state index in [-0.39, 0.29) is 17.6 Å². The molecule has 0 heterocycles. The van der Waals surface area contributed by atoms with Crippen LogP contribution in [0.25, 0.3) is 0 Å². The van der Waals surface area contributed by atoms with Crippen LogP contribution in [-0.4, -0.2) is 34.8 Å². The van der Waals surface area contributed by atoms with E-state index in [9.17, 15) is 14.0 Å². The van der Waals surface area contributed by atoms with Gasteiger partial charge in [-0.2, -0.15) is 9.98 Å². The Morgan fingerprint density at radius 3 is 2.22 bits per heavy atom. The van der Waals surface area contributed by atoms with Gasteiger partial charge in [-0.1, -0.05) is 43.3 Å². The predicted octanol–water partition coefficient (Wildman–Crippen LogP) is 6.47. The Morgan fingerprint density at radius 1 is 0.944 bits per heavy atom. The quantitative estimate of drug-likeness (QED) is 0.371. The Kier molecular flexibility index (Phi) is 8.87. The lowest BCUT2D eigenvalue weighted by molar-refractivity contribution is -0.127. The third-order valence-electron chi connectivity index (χ3n) is 5.21. The van der Waals surface area contributed by atoms with Gasteiger partial charge in [-0.3, -0.25) is 9.59 Å². The largest absolute Gasteiger partial charge is 0.349 e. The molecule has 3 aromatic rings. The van der Waals surface area contributed by atoms with Crippen LogP contribution in [0.5, 0.6) is 0 Å². The third-order valence-corrected chi connectivity index (χ3v) is 5.21.